The van der Waals surface area contributed by atoms with Crippen LogP contribution in [0.4, 0.5) is 0 Å². The van der Waals surface area contributed by atoms with Gasteiger partial charge in [0.2, 0.25) is 0 Å². The lowest BCUT2D eigenvalue weighted by molar-refractivity contribution is 0.399. The largest absolute Gasteiger partial charge is 0.361 e. The lowest BCUT2D eigenvalue weighted by Gasteiger charge is -2.01. The van der Waals surface area contributed by atoms with Crippen molar-refractivity contribution in [1.82, 2.24) is 14.9 Å². The summed E-state index contributed by atoms with van der Waals surface area (Å²) in [5.41, 5.74) is 2.91. The summed E-state index contributed by atoms with van der Waals surface area (Å²) in [4.78, 5) is 0. The highest BCUT2D eigenvalue weighted by atomic mass is 16.5. The minimum absolute atomic E-state index is 0.826. The molecule has 0 saturated carbocycles. The lowest BCUT2D eigenvalue weighted by atomic mass is 10.2. The molecule has 2 aromatic rings. The van der Waals surface area contributed by atoms with Crippen LogP contribution in [0.3, 0.4) is 0 Å². The average Bonchev–Trinajstić information content (AvgIpc) is 2.73. The Morgan fingerprint density at radius 2 is 2.13 bits per heavy atom. The van der Waals surface area contributed by atoms with Gasteiger partial charge in [0.1, 0.15) is 11.5 Å². The fourth-order valence-electron chi connectivity index (χ4n) is 1.62. The van der Waals surface area contributed by atoms with Gasteiger partial charge in [-0.2, -0.15) is 5.10 Å². The van der Waals surface area contributed by atoms with Gasteiger partial charge in [0.15, 0.2) is 0 Å². The van der Waals surface area contributed by atoms with E-state index < -0.39 is 0 Å². The smallest absolute Gasteiger partial charge is 0.134 e. The van der Waals surface area contributed by atoms with Crippen molar-refractivity contribution < 1.29 is 4.52 Å². The van der Waals surface area contributed by atoms with Crippen molar-refractivity contribution in [2.75, 3.05) is 0 Å². The van der Waals surface area contributed by atoms with E-state index in [0.717, 1.165) is 35.8 Å². The summed E-state index contributed by atoms with van der Waals surface area (Å²) in [6.45, 7) is 6.93. The molecule has 2 rings (SSSR count). The maximum atomic E-state index is 5.07. The monoisotopic (exact) mass is 205 g/mol. The van der Waals surface area contributed by atoms with Crippen LogP contribution < -0.4 is 0 Å². The summed E-state index contributed by atoms with van der Waals surface area (Å²) in [6.07, 6.45) is 1.06. The molecular weight excluding hydrogens is 190 g/mol. The maximum Gasteiger partial charge on any atom is 0.134 e. The first-order valence-electron chi connectivity index (χ1n) is 5.19. The number of hydrogen-bond donors (Lipinski definition) is 0. The van der Waals surface area contributed by atoms with Crippen LogP contribution >= 0.6 is 0 Å². The van der Waals surface area contributed by atoms with Gasteiger partial charge in [-0.1, -0.05) is 12.1 Å². The molecule has 4 heteroatoms. The van der Waals surface area contributed by atoms with Gasteiger partial charge in [-0.25, -0.2) is 0 Å². The molecule has 0 aromatic carbocycles. The predicted octanol–water partition coefficient (Wildman–Crippen LogP) is 2.56. The highest BCUT2D eigenvalue weighted by Gasteiger charge is 2.10. The molecule has 0 saturated heterocycles. The molecule has 0 radical (unpaired) electrons. The number of hydrogen-bond acceptors (Lipinski definition) is 3. The third-order valence-corrected chi connectivity index (χ3v) is 2.23. The number of rotatable bonds is 3. The molecule has 0 N–H and O–H groups in total. The second kappa shape index (κ2) is 3.88. The van der Waals surface area contributed by atoms with Crippen LogP contribution in [0.15, 0.2) is 16.7 Å². The summed E-state index contributed by atoms with van der Waals surface area (Å²) in [6, 6.07) is 3.97. The fourth-order valence-corrected chi connectivity index (χ4v) is 1.62. The summed E-state index contributed by atoms with van der Waals surface area (Å²) >= 11 is 0. The standard InChI is InChI=1S/C11H15N3O/c1-4-5-14-11(6-8(2)12-14)10-7-9(3)15-13-10/h6-7H,4-5H2,1-3H3. The Morgan fingerprint density at radius 3 is 2.73 bits per heavy atom. The minimum Gasteiger partial charge on any atom is -0.361 e. The van der Waals surface area contributed by atoms with Crippen molar-refractivity contribution in [3.8, 4) is 11.4 Å². The Morgan fingerprint density at radius 1 is 1.33 bits per heavy atom. The zero-order valence-electron chi connectivity index (χ0n) is 9.32. The molecule has 0 bridgehead atoms. The Kier molecular flexibility index (Phi) is 2.58. The van der Waals surface area contributed by atoms with Crippen LogP contribution in [-0.4, -0.2) is 14.9 Å². The first kappa shape index (κ1) is 9.96. The van der Waals surface area contributed by atoms with Gasteiger partial charge in [-0.3, -0.25) is 4.68 Å². The summed E-state index contributed by atoms with van der Waals surface area (Å²) in [5, 5.41) is 8.43. The zero-order chi connectivity index (χ0) is 10.8. The molecule has 0 fully saturated rings. The van der Waals surface area contributed by atoms with Crippen molar-refractivity contribution in [2.45, 2.75) is 33.7 Å². The Bertz CT molecular complexity index is 456. The van der Waals surface area contributed by atoms with E-state index in [0.29, 0.717) is 0 Å². The predicted molar refractivity (Wildman–Crippen MR) is 57.5 cm³/mol. The van der Waals surface area contributed by atoms with E-state index in [1.165, 1.54) is 0 Å². The second-order valence-corrected chi connectivity index (χ2v) is 3.72. The summed E-state index contributed by atoms with van der Waals surface area (Å²) in [5.74, 6) is 0.826. The summed E-state index contributed by atoms with van der Waals surface area (Å²) < 4.78 is 7.05. The Labute approximate surface area is 88.9 Å². The maximum absolute atomic E-state index is 5.07. The van der Waals surface area contributed by atoms with Crippen molar-refractivity contribution in [2.24, 2.45) is 0 Å². The second-order valence-electron chi connectivity index (χ2n) is 3.72. The molecule has 80 valence electrons. The van der Waals surface area contributed by atoms with Crippen molar-refractivity contribution in [3.63, 3.8) is 0 Å². The van der Waals surface area contributed by atoms with E-state index in [2.05, 4.69) is 17.2 Å². The van der Waals surface area contributed by atoms with E-state index in [-0.39, 0.29) is 0 Å². The molecule has 0 aliphatic heterocycles. The van der Waals surface area contributed by atoms with E-state index in [1.807, 2.05) is 30.7 Å². The molecule has 0 unspecified atom stereocenters. The third kappa shape index (κ3) is 1.93. The topological polar surface area (TPSA) is 43.9 Å². The van der Waals surface area contributed by atoms with Gasteiger partial charge in [0.05, 0.1) is 11.4 Å². The first-order chi connectivity index (χ1) is 7.20. The fraction of sp³-hybridized carbons (Fsp3) is 0.455. The Hall–Kier alpha value is -1.58. The molecule has 2 aromatic heterocycles. The van der Waals surface area contributed by atoms with E-state index in [9.17, 15) is 0 Å². The van der Waals surface area contributed by atoms with Gasteiger partial charge >= 0.3 is 0 Å². The molecular formula is C11H15N3O. The van der Waals surface area contributed by atoms with E-state index in [1.54, 1.807) is 0 Å². The summed E-state index contributed by atoms with van der Waals surface area (Å²) in [7, 11) is 0. The van der Waals surface area contributed by atoms with Crippen LogP contribution in [0.25, 0.3) is 11.4 Å². The van der Waals surface area contributed by atoms with Gasteiger partial charge in [0, 0.05) is 12.6 Å². The third-order valence-electron chi connectivity index (χ3n) is 2.23. The quantitative estimate of drug-likeness (QED) is 0.773. The molecule has 0 amide bonds. The highest BCUT2D eigenvalue weighted by Crippen LogP contribution is 2.20. The first-order valence-corrected chi connectivity index (χ1v) is 5.19. The molecule has 0 aliphatic rings. The van der Waals surface area contributed by atoms with Crippen LogP contribution in [0.2, 0.25) is 0 Å². The van der Waals surface area contributed by atoms with E-state index >= 15 is 0 Å². The van der Waals surface area contributed by atoms with Crippen molar-refractivity contribution >= 4 is 0 Å². The van der Waals surface area contributed by atoms with Crippen LogP contribution in [0, 0.1) is 13.8 Å². The van der Waals surface area contributed by atoms with Crippen molar-refractivity contribution in [1.29, 1.82) is 0 Å². The van der Waals surface area contributed by atoms with Gasteiger partial charge in [-0.15, -0.1) is 0 Å². The van der Waals surface area contributed by atoms with Gasteiger partial charge in [-0.05, 0) is 26.3 Å². The number of aromatic nitrogens is 3. The highest BCUT2D eigenvalue weighted by molar-refractivity contribution is 5.54. The number of aryl methyl sites for hydroxylation is 3. The van der Waals surface area contributed by atoms with Crippen LogP contribution in [-0.2, 0) is 6.54 Å². The van der Waals surface area contributed by atoms with Gasteiger partial charge < -0.3 is 4.52 Å². The average molecular weight is 205 g/mol. The van der Waals surface area contributed by atoms with Crippen molar-refractivity contribution in [3.05, 3.63) is 23.6 Å². The van der Waals surface area contributed by atoms with Crippen LogP contribution in [0.5, 0.6) is 0 Å². The van der Waals surface area contributed by atoms with E-state index in [4.69, 9.17) is 4.52 Å². The SMILES string of the molecule is CCCn1nc(C)cc1-c1cc(C)on1. The molecule has 4 nitrogen and oxygen atoms in total. The Balaban J connectivity index is 2.42. The van der Waals surface area contributed by atoms with Gasteiger partial charge in [0.25, 0.3) is 0 Å². The molecule has 0 aliphatic carbocycles. The van der Waals surface area contributed by atoms with Crippen LogP contribution in [0.1, 0.15) is 24.8 Å². The lowest BCUT2D eigenvalue weighted by Crippen LogP contribution is -2.01. The minimum atomic E-state index is 0.826. The number of nitrogens with zero attached hydrogens (tertiary/aromatic N) is 3. The molecule has 2 heterocycles. The molecule has 0 atom stereocenters. The normalized spacial score (nSPS) is 10.9. The molecule has 15 heavy (non-hydrogen) atoms. The zero-order valence-corrected chi connectivity index (χ0v) is 9.32. The molecule has 0 spiro atoms.